The van der Waals surface area contributed by atoms with Gasteiger partial charge in [0.25, 0.3) is 0 Å². The maximum Gasteiger partial charge on any atom is 0.335 e. The maximum atomic E-state index is 9.81. The number of nitrogens with zero attached hydrogens (tertiary/aromatic N) is 1. The zero-order valence-corrected chi connectivity index (χ0v) is 9.34. The molecule has 0 aliphatic rings. The molecule has 80 valence electrons. The van der Waals surface area contributed by atoms with Crippen molar-refractivity contribution in [3.63, 3.8) is 0 Å². The Kier molecular flexibility index (Phi) is 9.55. The molecule has 5 heteroatoms. The van der Waals surface area contributed by atoms with Gasteiger partial charge in [0.2, 0.25) is 0 Å². The van der Waals surface area contributed by atoms with Crippen molar-refractivity contribution in [3.8, 4) is 0 Å². The van der Waals surface area contributed by atoms with Crippen LogP contribution in [0.5, 0.6) is 0 Å². The van der Waals surface area contributed by atoms with Gasteiger partial charge in [0.05, 0.1) is 0 Å². The minimum atomic E-state index is -3.91. The molecule has 0 aromatic rings. The van der Waals surface area contributed by atoms with Crippen LogP contribution in [0.2, 0.25) is 0 Å². The zero-order valence-electron chi connectivity index (χ0n) is 8.52. The molecule has 0 atom stereocenters. The van der Waals surface area contributed by atoms with Crippen molar-refractivity contribution in [1.82, 2.24) is 4.31 Å². The summed E-state index contributed by atoms with van der Waals surface area (Å²) in [7, 11) is -1.42. The monoisotopic (exact) mass is 209 g/mol. The van der Waals surface area contributed by atoms with E-state index in [1.54, 1.807) is 0 Å². The van der Waals surface area contributed by atoms with E-state index >= 15 is 0 Å². The molecule has 0 aromatic carbocycles. The van der Waals surface area contributed by atoms with Crippen molar-refractivity contribution >= 4 is 10.3 Å². The van der Waals surface area contributed by atoms with Crippen molar-refractivity contribution in [2.45, 2.75) is 26.2 Å². The van der Waals surface area contributed by atoms with E-state index in [2.05, 4.69) is 13.5 Å². The number of unbranched alkanes of at least 4 members (excludes halogenated alkanes) is 2. The lowest BCUT2D eigenvalue weighted by Crippen LogP contribution is -2.20. The van der Waals surface area contributed by atoms with Crippen LogP contribution in [0, 0.1) is 0 Å². The number of hydrogen-bond donors (Lipinski definition) is 1. The van der Waals surface area contributed by atoms with Crippen LogP contribution in [0.15, 0.2) is 12.7 Å². The Morgan fingerprint density at radius 1 is 1.46 bits per heavy atom. The lowest BCUT2D eigenvalue weighted by Gasteiger charge is -2.00. The summed E-state index contributed by atoms with van der Waals surface area (Å²) >= 11 is 0. The summed E-state index contributed by atoms with van der Waals surface area (Å²) in [4.78, 5) is 0. The third-order valence-electron chi connectivity index (χ3n) is 1.22. The number of rotatable bonds is 4. The van der Waals surface area contributed by atoms with Gasteiger partial charge in [-0.3, -0.25) is 4.55 Å². The van der Waals surface area contributed by atoms with E-state index in [0.717, 1.165) is 0 Å². The van der Waals surface area contributed by atoms with Crippen LogP contribution in [0.25, 0.3) is 0 Å². The molecule has 4 nitrogen and oxygen atoms in total. The van der Waals surface area contributed by atoms with Gasteiger partial charge in [-0.2, -0.15) is 12.7 Å². The molecule has 13 heavy (non-hydrogen) atoms. The summed E-state index contributed by atoms with van der Waals surface area (Å²) in [6.45, 7) is 5.78. The van der Waals surface area contributed by atoms with Crippen LogP contribution >= 0.6 is 0 Å². The van der Waals surface area contributed by atoms with Gasteiger partial charge in [-0.05, 0) is 6.42 Å². The molecular weight excluding hydrogens is 190 g/mol. The van der Waals surface area contributed by atoms with E-state index in [1.165, 1.54) is 33.4 Å². The Morgan fingerprint density at radius 3 is 1.92 bits per heavy atom. The molecular formula is C8H19NO3S. The molecule has 0 saturated heterocycles. The first-order valence-corrected chi connectivity index (χ1v) is 5.51. The van der Waals surface area contributed by atoms with Crippen LogP contribution in [0.3, 0.4) is 0 Å². The highest BCUT2D eigenvalue weighted by molar-refractivity contribution is 7.83. The van der Waals surface area contributed by atoms with Crippen LogP contribution < -0.4 is 0 Å². The molecule has 0 bridgehead atoms. The predicted octanol–water partition coefficient (Wildman–Crippen LogP) is 1.71. The first kappa shape index (κ1) is 15.1. The third kappa shape index (κ3) is 14.5. The molecule has 1 N–H and O–H groups in total. The van der Waals surface area contributed by atoms with Crippen molar-refractivity contribution in [2.24, 2.45) is 0 Å². The molecule has 0 saturated carbocycles. The zero-order chi connectivity index (χ0) is 10.9. The van der Waals surface area contributed by atoms with E-state index in [4.69, 9.17) is 4.55 Å². The summed E-state index contributed by atoms with van der Waals surface area (Å²) in [5.41, 5.74) is 0. The van der Waals surface area contributed by atoms with Gasteiger partial charge in [-0.25, -0.2) is 0 Å². The Bertz CT molecular complexity index is 209. The second kappa shape index (κ2) is 8.22. The van der Waals surface area contributed by atoms with Gasteiger partial charge in [0, 0.05) is 14.1 Å². The molecule has 0 fully saturated rings. The molecule has 0 radical (unpaired) electrons. The van der Waals surface area contributed by atoms with Gasteiger partial charge in [-0.15, -0.1) is 6.58 Å². The summed E-state index contributed by atoms with van der Waals surface area (Å²) in [5.74, 6) is 0. The number of hydrogen-bond acceptors (Lipinski definition) is 2. The van der Waals surface area contributed by atoms with Crippen LogP contribution in [-0.4, -0.2) is 31.4 Å². The largest absolute Gasteiger partial charge is 0.335 e. The Labute approximate surface area is 81.1 Å². The molecule has 0 rings (SSSR count). The molecule has 0 amide bonds. The average molecular weight is 209 g/mol. The summed E-state index contributed by atoms with van der Waals surface area (Å²) in [6.07, 6.45) is 5.72. The van der Waals surface area contributed by atoms with Gasteiger partial charge >= 0.3 is 10.3 Å². The van der Waals surface area contributed by atoms with Crippen molar-refractivity contribution < 1.29 is 13.0 Å². The van der Waals surface area contributed by atoms with E-state index in [-0.39, 0.29) is 0 Å². The quantitative estimate of drug-likeness (QED) is 0.435. The maximum absolute atomic E-state index is 9.81. The van der Waals surface area contributed by atoms with Gasteiger partial charge < -0.3 is 0 Å². The van der Waals surface area contributed by atoms with Gasteiger partial charge in [0.15, 0.2) is 0 Å². The lowest BCUT2D eigenvalue weighted by atomic mass is 10.3. The third-order valence-corrected chi connectivity index (χ3v) is 2.15. The van der Waals surface area contributed by atoms with Crippen LogP contribution in [-0.2, 0) is 10.3 Å². The Balaban J connectivity index is 0. The average Bonchev–Trinajstić information content (AvgIpc) is 2.00. The lowest BCUT2D eigenvalue weighted by molar-refractivity contribution is 0.416. The second-order valence-corrected chi connectivity index (χ2v) is 4.32. The molecule has 0 spiro atoms. The fourth-order valence-electron chi connectivity index (χ4n) is 0.348. The topological polar surface area (TPSA) is 57.6 Å². The predicted molar refractivity (Wildman–Crippen MR) is 55.0 cm³/mol. The molecule has 0 unspecified atom stereocenters. The normalized spacial score (nSPS) is 10.5. The fourth-order valence-corrected chi connectivity index (χ4v) is 0.348. The second-order valence-electron chi connectivity index (χ2n) is 2.69. The first-order chi connectivity index (χ1) is 5.86. The van der Waals surface area contributed by atoms with E-state index in [9.17, 15) is 8.42 Å². The summed E-state index contributed by atoms with van der Waals surface area (Å²) < 4.78 is 28.3. The minimum absolute atomic E-state index is 0.715. The molecule has 0 aliphatic carbocycles. The summed E-state index contributed by atoms with van der Waals surface area (Å²) in [5, 5.41) is 0. The van der Waals surface area contributed by atoms with Gasteiger partial charge in [-0.1, -0.05) is 25.8 Å². The van der Waals surface area contributed by atoms with Crippen molar-refractivity contribution in [3.05, 3.63) is 12.7 Å². The fraction of sp³-hybridized carbons (Fsp3) is 0.750. The van der Waals surface area contributed by atoms with E-state index in [0.29, 0.717) is 4.31 Å². The highest BCUT2D eigenvalue weighted by atomic mass is 32.2. The first-order valence-electron chi connectivity index (χ1n) is 4.12. The highest BCUT2D eigenvalue weighted by Gasteiger charge is 2.04. The minimum Gasteiger partial charge on any atom is -0.273 e. The highest BCUT2D eigenvalue weighted by Crippen LogP contribution is 1.91. The number of allylic oxidation sites excluding steroid dienone is 1. The van der Waals surface area contributed by atoms with Crippen LogP contribution in [0.1, 0.15) is 26.2 Å². The molecule has 0 heterocycles. The van der Waals surface area contributed by atoms with Crippen molar-refractivity contribution in [2.75, 3.05) is 14.1 Å². The SMILES string of the molecule is C=CCCCC.CN(C)S(=O)(=O)O. The molecule has 0 aromatic heterocycles. The molecule has 0 aliphatic heterocycles. The van der Waals surface area contributed by atoms with Crippen molar-refractivity contribution in [1.29, 1.82) is 0 Å². The smallest absolute Gasteiger partial charge is 0.273 e. The Morgan fingerprint density at radius 2 is 1.85 bits per heavy atom. The van der Waals surface area contributed by atoms with E-state index < -0.39 is 10.3 Å². The Hall–Kier alpha value is -0.390. The van der Waals surface area contributed by atoms with E-state index in [1.807, 2.05) is 6.08 Å². The standard InChI is InChI=1S/C6H12.C2H7NO3S/c1-3-5-6-4-2;1-3(2)7(4,5)6/h3H,1,4-6H2,2H3;1-2H3,(H,4,5,6). The van der Waals surface area contributed by atoms with Crippen LogP contribution in [0.4, 0.5) is 0 Å². The van der Waals surface area contributed by atoms with Gasteiger partial charge in [0.1, 0.15) is 0 Å². The summed E-state index contributed by atoms with van der Waals surface area (Å²) in [6, 6.07) is 0.